The molecule has 0 bridgehead atoms. The molecule has 12 aromatic rings. The van der Waals surface area contributed by atoms with E-state index in [1.165, 1.54) is 0 Å². The molecule has 0 unspecified atom stereocenters. The summed E-state index contributed by atoms with van der Waals surface area (Å²) in [6.07, 6.45) is 5.30. The van der Waals surface area contributed by atoms with Crippen LogP contribution in [0.5, 0.6) is 0 Å². The van der Waals surface area contributed by atoms with Crippen molar-refractivity contribution in [2.24, 2.45) is 0 Å². The minimum Gasteiger partial charge on any atom is -0.456 e. The molecule has 0 aliphatic heterocycles. The van der Waals surface area contributed by atoms with E-state index in [0.717, 1.165) is 93.9 Å². The number of nitrogens with zero attached hydrogens (tertiary/aromatic N) is 7. The van der Waals surface area contributed by atoms with Crippen LogP contribution in [0.15, 0.2) is 230 Å². The summed E-state index contributed by atoms with van der Waals surface area (Å²) in [4.78, 5) is 29.7. The molecule has 320 valence electrons. The van der Waals surface area contributed by atoms with E-state index < -0.39 is 0 Å². The lowest BCUT2D eigenvalue weighted by Crippen LogP contribution is -2.02. The molecule has 8 aromatic carbocycles. The van der Waals surface area contributed by atoms with Crippen molar-refractivity contribution in [2.45, 2.75) is 0 Å². The molecule has 0 spiro atoms. The number of benzene rings is 8. The maximum absolute atomic E-state index is 6.50. The van der Waals surface area contributed by atoms with Crippen molar-refractivity contribution < 1.29 is 4.42 Å². The molecule has 0 radical (unpaired) electrons. The third-order valence-corrected chi connectivity index (χ3v) is 12.3. The second kappa shape index (κ2) is 16.9. The van der Waals surface area contributed by atoms with Gasteiger partial charge in [-0.05, 0) is 71.8 Å². The van der Waals surface area contributed by atoms with Crippen molar-refractivity contribution in [3.05, 3.63) is 231 Å². The lowest BCUT2D eigenvalue weighted by Gasteiger charge is -2.11. The fraction of sp³-hybridized carbons (Fsp3) is 0. The molecule has 4 heterocycles. The van der Waals surface area contributed by atoms with Gasteiger partial charge in [0.2, 0.25) is 0 Å². The Kier molecular flexibility index (Phi) is 9.95. The van der Waals surface area contributed by atoms with Gasteiger partial charge in [0.15, 0.2) is 34.9 Å². The summed E-state index contributed by atoms with van der Waals surface area (Å²) in [6, 6.07) is 66.2. The van der Waals surface area contributed by atoms with Crippen molar-refractivity contribution in [1.82, 2.24) is 34.5 Å². The highest BCUT2D eigenvalue weighted by molar-refractivity contribution is 6.14. The minimum atomic E-state index is 0.510. The monoisotopic (exact) mass is 873 g/mol. The zero-order valence-electron chi connectivity index (χ0n) is 36.7. The second-order valence-electron chi connectivity index (χ2n) is 16.4. The number of rotatable bonds is 10. The number of para-hydroxylation sites is 1. The summed E-state index contributed by atoms with van der Waals surface area (Å²) in [6.45, 7) is 7.93. The van der Waals surface area contributed by atoms with Gasteiger partial charge in [-0.3, -0.25) is 0 Å². The van der Waals surface area contributed by atoms with E-state index in [0.29, 0.717) is 34.9 Å². The summed E-state index contributed by atoms with van der Waals surface area (Å²) in [7, 11) is 0. The second-order valence-corrected chi connectivity index (χ2v) is 16.4. The van der Waals surface area contributed by atoms with Gasteiger partial charge in [-0.15, -0.1) is 0 Å². The van der Waals surface area contributed by atoms with Gasteiger partial charge in [0, 0.05) is 60.6 Å². The molecule has 8 heteroatoms. The highest BCUT2D eigenvalue weighted by atomic mass is 16.3. The molecule has 0 fully saturated rings. The average molecular weight is 874 g/mol. The quantitative estimate of drug-likeness (QED) is 0.126. The van der Waals surface area contributed by atoms with E-state index in [1.807, 2.05) is 115 Å². The van der Waals surface area contributed by atoms with E-state index in [1.54, 1.807) is 12.2 Å². The van der Waals surface area contributed by atoms with Gasteiger partial charge in [0.05, 0.1) is 11.0 Å². The predicted octanol–water partition coefficient (Wildman–Crippen LogP) is 14.8. The number of furan rings is 1. The number of hydrogen-bond donors (Lipinski definition) is 0. The van der Waals surface area contributed by atoms with Crippen LogP contribution in [0, 0.1) is 0 Å². The van der Waals surface area contributed by atoms with Crippen LogP contribution in [0.2, 0.25) is 0 Å². The summed E-state index contributed by atoms with van der Waals surface area (Å²) in [5.41, 5.74) is 12.2. The van der Waals surface area contributed by atoms with Crippen LogP contribution in [-0.2, 0) is 0 Å². The molecule has 68 heavy (non-hydrogen) atoms. The SMILES string of the molecule is C=C/C=C(\C=C)c1nc(-c2ccccc2)nc(-c2cccc3oc4ccc(-c5ccc6c(c5)c5ccccc5n6-c5ccc(-c6nc(-c7ccccc7)nc(-c7ccccc7)n6)cc5)cc4c23)n1. The van der Waals surface area contributed by atoms with E-state index in [9.17, 15) is 0 Å². The van der Waals surface area contributed by atoms with E-state index in [4.69, 9.17) is 34.3 Å². The van der Waals surface area contributed by atoms with E-state index in [-0.39, 0.29) is 0 Å². The zero-order chi connectivity index (χ0) is 45.6. The van der Waals surface area contributed by atoms with Gasteiger partial charge >= 0.3 is 0 Å². The third kappa shape index (κ3) is 7.13. The molecular formula is C60H39N7O. The molecule has 0 N–H and O–H groups in total. The van der Waals surface area contributed by atoms with Crippen LogP contribution in [0.25, 0.3) is 123 Å². The lowest BCUT2D eigenvalue weighted by atomic mass is 9.99. The average Bonchev–Trinajstić information content (AvgIpc) is 3.96. The fourth-order valence-corrected chi connectivity index (χ4v) is 9.02. The minimum absolute atomic E-state index is 0.510. The maximum Gasteiger partial charge on any atom is 0.164 e. The smallest absolute Gasteiger partial charge is 0.164 e. The first-order valence-corrected chi connectivity index (χ1v) is 22.3. The Morgan fingerprint density at radius 2 is 0.926 bits per heavy atom. The Hall–Kier alpha value is -9.40. The van der Waals surface area contributed by atoms with Gasteiger partial charge in [0.1, 0.15) is 11.2 Å². The number of fused-ring (bicyclic) bond motifs is 6. The highest BCUT2D eigenvalue weighted by Gasteiger charge is 2.20. The summed E-state index contributed by atoms with van der Waals surface area (Å²) in [5.74, 6) is 3.48. The predicted molar refractivity (Wildman–Crippen MR) is 276 cm³/mol. The van der Waals surface area contributed by atoms with Gasteiger partial charge in [-0.2, -0.15) is 0 Å². The van der Waals surface area contributed by atoms with Crippen LogP contribution >= 0.6 is 0 Å². The van der Waals surface area contributed by atoms with E-state index in [2.05, 4.69) is 103 Å². The van der Waals surface area contributed by atoms with Crippen LogP contribution in [0.1, 0.15) is 5.82 Å². The number of hydrogen-bond acceptors (Lipinski definition) is 7. The van der Waals surface area contributed by atoms with Crippen molar-refractivity contribution in [3.63, 3.8) is 0 Å². The van der Waals surface area contributed by atoms with Gasteiger partial charge in [0.25, 0.3) is 0 Å². The van der Waals surface area contributed by atoms with Crippen molar-refractivity contribution in [1.29, 1.82) is 0 Å². The summed E-state index contributed by atoms with van der Waals surface area (Å²) < 4.78 is 8.82. The topological polar surface area (TPSA) is 95.4 Å². The molecule has 0 saturated heterocycles. The van der Waals surface area contributed by atoms with Gasteiger partial charge in [-0.1, -0.05) is 165 Å². The molecule has 0 saturated carbocycles. The number of allylic oxidation sites excluding steroid dienone is 4. The Morgan fingerprint density at radius 3 is 1.56 bits per heavy atom. The third-order valence-electron chi connectivity index (χ3n) is 12.3. The highest BCUT2D eigenvalue weighted by Crippen LogP contribution is 2.40. The first kappa shape index (κ1) is 40.1. The van der Waals surface area contributed by atoms with Gasteiger partial charge < -0.3 is 8.98 Å². The number of aromatic nitrogens is 7. The molecule has 12 rings (SSSR count). The van der Waals surface area contributed by atoms with Gasteiger partial charge in [-0.25, -0.2) is 29.9 Å². The zero-order valence-corrected chi connectivity index (χ0v) is 36.7. The van der Waals surface area contributed by atoms with Crippen molar-refractivity contribution >= 4 is 49.3 Å². The van der Waals surface area contributed by atoms with Crippen LogP contribution < -0.4 is 0 Å². The Bertz CT molecular complexity index is 3870. The molecule has 8 nitrogen and oxygen atoms in total. The first-order valence-electron chi connectivity index (χ1n) is 22.3. The van der Waals surface area contributed by atoms with Crippen molar-refractivity contribution in [2.75, 3.05) is 0 Å². The molecule has 0 amide bonds. The largest absolute Gasteiger partial charge is 0.456 e. The van der Waals surface area contributed by atoms with Crippen LogP contribution in [0.3, 0.4) is 0 Å². The van der Waals surface area contributed by atoms with Crippen molar-refractivity contribution in [3.8, 4) is 73.8 Å². The molecule has 0 aliphatic carbocycles. The Labute approximate surface area is 391 Å². The molecule has 0 atom stereocenters. The fourth-order valence-electron chi connectivity index (χ4n) is 9.02. The molecular weight excluding hydrogens is 835 g/mol. The lowest BCUT2D eigenvalue weighted by molar-refractivity contribution is 0.669. The van der Waals surface area contributed by atoms with Crippen LogP contribution in [-0.4, -0.2) is 34.5 Å². The van der Waals surface area contributed by atoms with Crippen LogP contribution in [0.4, 0.5) is 0 Å². The normalized spacial score (nSPS) is 11.7. The first-order chi connectivity index (χ1) is 33.6. The Balaban J connectivity index is 0.948. The summed E-state index contributed by atoms with van der Waals surface area (Å²) >= 11 is 0. The maximum atomic E-state index is 6.50. The molecule has 4 aromatic heterocycles. The summed E-state index contributed by atoms with van der Waals surface area (Å²) in [5, 5.41) is 4.20. The van der Waals surface area contributed by atoms with E-state index >= 15 is 0 Å². The molecule has 0 aliphatic rings. The standard InChI is InChI=1S/C60H39N7O/c1-3-17-38(4-2)55-61-58(41-22-12-7-13-23-41)66-60(65-55)47-25-16-27-53-54(47)49-37-44(31-35-52(49)68-53)43-30-34-51-48(36-43)46-24-14-15-26-50(46)67(51)45-32-28-42(29-33-45)59-63-56(39-18-8-5-9-19-39)62-57(64-59)40-20-10-6-11-21-40/h3-37H,1-2H2/b38-17+. The Morgan fingerprint density at radius 1 is 0.412 bits per heavy atom.